The van der Waals surface area contributed by atoms with Crippen LogP contribution in [0.25, 0.3) is 10.3 Å². The van der Waals surface area contributed by atoms with Gasteiger partial charge in [0, 0.05) is 44.1 Å². The van der Waals surface area contributed by atoms with E-state index in [2.05, 4.69) is 62.4 Å². The van der Waals surface area contributed by atoms with E-state index >= 15 is 0 Å². The highest BCUT2D eigenvalue weighted by Crippen LogP contribution is 2.33. The average Bonchev–Trinajstić information content (AvgIpc) is 3.59. The van der Waals surface area contributed by atoms with Gasteiger partial charge in [0.25, 0.3) is 5.91 Å². The standard InChI is InChI=1S/C25H34N6OS/c1-4-17(30-20-10-11-20)14-28-19-8-6-16(7-9-19)12-13-27-24(32)23-21(26-3)22-25(33-23)31-18(5-2)15-29-22/h6-9,15,17,20,26,28,30H,4-5,10-14H2,1-3H3,(H,27,32)/t17-/m0/s1. The minimum atomic E-state index is -0.0887. The average molecular weight is 467 g/mol. The van der Waals surface area contributed by atoms with Crippen LogP contribution in [0.15, 0.2) is 30.5 Å². The molecule has 2 aromatic heterocycles. The molecule has 1 aliphatic rings. The third-order valence-electron chi connectivity index (χ3n) is 6.02. The van der Waals surface area contributed by atoms with Crippen LogP contribution in [0.1, 0.15) is 54.0 Å². The fraction of sp³-hybridized carbons (Fsp3) is 0.480. The molecule has 1 fully saturated rings. The number of carbonyl (C=O) groups excluding carboxylic acids is 1. The van der Waals surface area contributed by atoms with Crippen molar-refractivity contribution in [3.8, 4) is 0 Å². The van der Waals surface area contributed by atoms with Gasteiger partial charge in [-0.3, -0.25) is 4.79 Å². The summed E-state index contributed by atoms with van der Waals surface area (Å²) < 4.78 is 0. The van der Waals surface area contributed by atoms with Crippen molar-refractivity contribution in [2.24, 2.45) is 0 Å². The van der Waals surface area contributed by atoms with Crippen LogP contribution in [0.3, 0.4) is 0 Å². The Morgan fingerprint density at radius 1 is 1.21 bits per heavy atom. The van der Waals surface area contributed by atoms with Gasteiger partial charge in [0.1, 0.15) is 15.2 Å². The number of aryl methyl sites for hydroxylation is 1. The molecule has 2 heterocycles. The molecular weight excluding hydrogens is 432 g/mol. The van der Waals surface area contributed by atoms with E-state index in [1.54, 1.807) is 6.20 Å². The van der Waals surface area contributed by atoms with Crippen LogP contribution in [-0.4, -0.2) is 48.1 Å². The lowest BCUT2D eigenvalue weighted by molar-refractivity contribution is 0.0959. The maximum atomic E-state index is 12.8. The third kappa shape index (κ3) is 6.00. The van der Waals surface area contributed by atoms with Crippen LogP contribution < -0.4 is 21.3 Å². The molecule has 0 unspecified atom stereocenters. The van der Waals surface area contributed by atoms with Gasteiger partial charge < -0.3 is 21.3 Å². The highest BCUT2D eigenvalue weighted by Gasteiger charge is 2.23. The molecular formula is C25H34N6OS. The van der Waals surface area contributed by atoms with Gasteiger partial charge in [-0.05, 0) is 49.8 Å². The minimum Gasteiger partial charge on any atom is -0.385 e. The lowest BCUT2D eigenvalue weighted by Crippen LogP contribution is -2.36. The molecule has 4 N–H and O–H groups in total. The Morgan fingerprint density at radius 3 is 2.67 bits per heavy atom. The second kappa shape index (κ2) is 10.9. The van der Waals surface area contributed by atoms with Crippen molar-refractivity contribution in [2.75, 3.05) is 30.8 Å². The minimum absolute atomic E-state index is 0.0887. The number of nitrogens with zero attached hydrogens (tertiary/aromatic N) is 2. The molecule has 0 radical (unpaired) electrons. The lowest BCUT2D eigenvalue weighted by atomic mass is 10.1. The first-order valence-electron chi connectivity index (χ1n) is 11.9. The Bertz CT molecular complexity index is 1080. The summed E-state index contributed by atoms with van der Waals surface area (Å²) in [6, 6.07) is 9.74. The molecule has 0 bridgehead atoms. The summed E-state index contributed by atoms with van der Waals surface area (Å²) in [6.45, 7) is 5.79. The van der Waals surface area contributed by atoms with Crippen molar-refractivity contribution < 1.29 is 4.79 Å². The van der Waals surface area contributed by atoms with E-state index in [1.807, 2.05) is 14.0 Å². The molecule has 1 aromatic carbocycles. The van der Waals surface area contributed by atoms with Gasteiger partial charge in [-0.15, -0.1) is 11.3 Å². The molecule has 1 saturated carbocycles. The van der Waals surface area contributed by atoms with Crippen molar-refractivity contribution in [3.05, 3.63) is 46.6 Å². The normalized spacial score (nSPS) is 14.3. The fourth-order valence-electron chi connectivity index (χ4n) is 3.80. The number of nitrogens with one attached hydrogen (secondary N) is 4. The number of aromatic nitrogens is 2. The Morgan fingerprint density at radius 2 is 2.00 bits per heavy atom. The largest absolute Gasteiger partial charge is 0.385 e. The third-order valence-corrected chi connectivity index (χ3v) is 7.09. The monoisotopic (exact) mass is 466 g/mol. The van der Waals surface area contributed by atoms with Crippen molar-refractivity contribution in [1.82, 2.24) is 20.6 Å². The van der Waals surface area contributed by atoms with Gasteiger partial charge in [-0.1, -0.05) is 26.0 Å². The van der Waals surface area contributed by atoms with E-state index in [0.717, 1.165) is 59.3 Å². The first kappa shape index (κ1) is 23.4. The van der Waals surface area contributed by atoms with Crippen LogP contribution in [0.2, 0.25) is 0 Å². The molecule has 1 aliphatic carbocycles. The van der Waals surface area contributed by atoms with Gasteiger partial charge >= 0.3 is 0 Å². The van der Waals surface area contributed by atoms with Crippen molar-refractivity contribution in [1.29, 1.82) is 0 Å². The van der Waals surface area contributed by atoms with E-state index in [4.69, 9.17) is 0 Å². The number of carbonyl (C=O) groups is 1. The van der Waals surface area contributed by atoms with Crippen LogP contribution in [-0.2, 0) is 12.8 Å². The van der Waals surface area contributed by atoms with E-state index < -0.39 is 0 Å². The summed E-state index contributed by atoms with van der Waals surface area (Å²) >= 11 is 1.39. The summed E-state index contributed by atoms with van der Waals surface area (Å²) in [4.78, 5) is 23.4. The molecule has 8 heteroatoms. The first-order valence-corrected chi connectivity index (χ1v) is 12.8. The predicted octanol–water partition coefficient (Wildman–Crippen LogP) is 4.21. The maximum absolute atomic E-state index is 12.8. The SMILES string of the molecule is CCc1cnc2c(NC)c(C(=O)NCCc3ccc(NC[C@H](CC)NC4CC4)cc3)sc2n1. The zero-order valence-corrected chi connectivity index (χ0v) is 20.5. The molecule has 3 aromatic rings. The Kier molecular flexibility index (Phi) is 7.77. The molecule has 4 rings (SSSR count). The highest BCUT2D eigenvalue weighted by atomic mass is 32.1. The van der Waals surface area contributed by atoms with Crippen LogP contribution in [0.5, 0.6) is 0 Å². The Labute approximate surface area is 199 Å². The van der Waals surface area contributed by atoms with Crippen LogP contribution >= 0.6 is 11.3 Å². The molecule has 0 spiro atoms. The van der Waals surface area contributed by atoms with Gasteiger partial charge in [0.2, 0.25) is 0 Å². The topological polar surface area (TPSA) is 91.0 Å². The first-order chi connectivity index (χ1) is 16.1. The summed E-state index contributed by atoms with van der Waals surface area (Å²) in [5.74, 6) is -0.0887. The lowest BCUT2D eigenvalue weighted by Gasteiger charge is -2.18. The maximum Gasteiger partial charge on any atom is 0.263 e. The molecule has 0 saturated heterocycles. The van der Waals surface area contributed by atoms with Crippen LogP contribution in [0, 0.1) is 0 Å². The molecule has 176 valence electrons. The number of rotatable bonds is 12. The van der Waals surface area contributed by atoms with Crippen LogP contribution in [0.4, 0.5) is 11.4 Å². The number of fused-ring (bicyclic) bond motifs is 1. The van der Waals surface area contributed by atoms with Crippen molar-refractivity contribution >= 4 is 39.0 Å². The molecule has 0 aliphatic heterocycles. The van der Waals surface area contributed by atoms with Gasteiger partial charge in [0.05, 0.1) is 11.4 Å². The van der Waals surface area contributed by atoms with Gasteiger partial charge in [0.15, 0.2) is 0 Å². The van der Waals surface area contributed by atoms with E-state index in [1.165, 1.54) is 29.7 Å². The summed E-state index contributed by atoms with van der Waals surface area (Å²) in [5, 5.41) is 13.4. The summed E-state index contributed by atoms with van der Waals surface area (Å²) in [5.41, 5.74) is 4.77. The van der Waals surface area contributed by atoms with Crippen molar-refractivity contribution in [2.45, 2.75) is 58.0 Å². The van der Waals surface area contributed by atoms with Gasteiger partial charge in [-0.2, -0.15) is 0 Å². The van der Waals surface area contributed by atoms with E-state index in [9.17, 15) is 4.79 Å². The Balaban J connectivity index is 1.28. The summed E-state index contributed by atoms with van der Waals surface area (Å²) in [7, 11) is 1.81. The second-order valence-electron chi connectivity index (χ2n) is 8.55. The zero-order valence-electron chi connectivity index (χ0n) is 19.7. The molecule has 7 nitrogen and oxygen atoms in total. The van der Waals surface area contributed by atoms with Gasteiger partial charge in [-0.25, -0.2) is 9.97 Å². The van der Waals surface area contributed by atoms with E-state index in [-0.39, 0.29) is 5.91 Å². The molecule has 1 amide bonds. The molecule has 1 atom stereocenters. The summed E-state index contributed by atoms with van der Waals surface area (Å²) in [6.07, 6.45) is 7.14. The fourth-order valence-corrected chi connectivity index (χ4v) is 4.88. The number of hydrogen-bond donors (Lipinski definition) is 4. The number of anilines is 2. The number of thiophene rings is 1. The number of benzene rings is 1. The zero-order chi connectivity index (χ0) is 23.2. The number of amides is 1. The van der Waals surface area contributed by atoms with Crippen molar-refractivity contribution in [3.63, 3.8) is 0 Å². The second-order valence-corrected chi connectivity index (χ2v) is 9.55. The predicted molar refractivity (Wildman–Crippen MR) is 138 cm³/mol. The smallest absolute Gasteiger partial charge is 0.263 e. The molecule has 33 heavy (non-hydrogen) atoms. The highest BCUT2D eigenvalue weighted by molar-refractivity contribution is 7.21. The quantitative estimate of drug-likeness (QED) is 0.320. The number of hydrogen-bond acceptors (Lipinski definition) is 7. The van der Waals surface area contributed by atoms with E-state index in [0.29, 0.717) is 17.5 Å². The Hall–Kier alpha value is -2.71.